The molecular weight excluding hydrogens is 380 g/mol. The van der Waals surface area contributed by atoms with Gasteiger partial charge in [0, 0.05) is 22.7 Å². The molecule has 0 spiro atoms. The van der Waals surface area contributed by atoms with Crippen LogP contribution in [0.1, 0.15) is 27.5 Å². The van der Waals surface area contributed by atoms with Crippen LogP contribution in [0.25, 0.3) is 10.9 Å². The third-order valence-corrected chi connectivity index (χ3v) is 5.13. The molecule has 3 aromatic carbocycles. The lowest BCUT2D eigenvalue weighted by molar-refractivity contribution is 0.0942. The van der Waals surface area contributed by atoms with Gasteiger partial charge in [0.15, 0.2) is 11.5 Å². The van der Waals surface area contributed by atoms with E-state index in [0.29, 0.717) is 28.1 Å². The Morgan fingerprint density at radius 2 is 1.80 bits per heavy atom. The van der Waals surface area contributed by atoms with Gasteiger partial charge in [0.25, 0.3) is 5.91 Å². The number of carbonyl (C=O) groups is 1. The summed E-state index contributed by atoms with van der Waals surface area (Å²) in [5.41, 5.74) is 2.31. The Morgan fingerprint density at radius 1 is 0.967 bits per heavy atom. The van der Waals surface area contributed by atoms with Crippen LogP contribution < -0.4 is 14.8 Å². The van der Waals surface area contributed by atoms with Gasteiger partial charge in [-0.2, -0.15) is 0 Å². The van der Waals surface area contributed by atoms with Gasteiger partial charge in [-0.15, -0.1) is 0 Å². The van der Waals surface area contributed by atoms with Crippen molar-refractivity contribution in [2.45, 2.75) is 6.04 Å². The van der Waals surface area contributed by atoms with E-state index in [1.54, 1.807) is 30.5 Å². The van der Waals surface area contributed by atoms with Crippen molar-refractivity contribution < 1.29 is 19.4 Å². The third kappa shape index (κ3) is 3.18. The minimum absolute atomic E-state index is 0.0316. The van der Waals surface area contributed by atoms with Crippen LogP contribution in [0, 0.1) is 0 Å². The van der Waals surface area contributed by atoms with Crippen LogP contribution in [0.15, 0.2) is 79.0 Å². The van der Waals surface area contributed by atoms with Crippen molar-refractivity contribution >= 4 is 16.8 Å². The van der Waals surface area contributed by atoms with E-state index < -0.39 is 6.04 Å². The van der Waals surface area contributed by atoms with E-state index in [1.165, 1.54) is 0 Å². The molecule has 148 valence electrons. The molecule has 2 heterocycles. The molecule has 30 heavy (non-hydrogen) atoms. The number of carbonyl (C=O) groups excluding carboxylic acids is 1. The number of fused-ring (bicyclic) bond motifs is 2. The van der Waals surface area contributed by atoms with Gasteiger partial charge in [-0.3, -0.25) is 9.78 Å². The highest BCUT2D eigenvalue weighted by Crippen LogP contribution is 2.39. The van der Waals surface area contributed by atoms with Gasteiger partial charge in [-0.05, 0) is 35.9 Å². The molecule has 0 bridgehead atoms. The van der Waals surface area contributed by atoms with E-state index in [0.717, 1.165) is 10.9 Å². The summed E-state index contributed by atoms with van der Waals surface area (Å²) in [6.45, 7) is 0.158. The summed E-state index contributed by atoms with van der Waals surface area (Å²) >= 11 is 0. The van der Waals surface area contributed by atoms with Crippen LogP contribution in [0.3, 0.4) is 0 Å². The molecule has 0 aliphatic carbocycles. The van der Waals surface area contributed by atoms with Gasteiger partial charge < -0.3 is 19.9 Å². The van der Waals surface area contributed by atoms with Crippen LogP contribution in [-0.2, 0) is 0 Å². The first kappa shape index (κ1) is 18.0. The second kappa shape index (κ2) is 7.40. The van der Waals surface area contributed by atoms with Crippen molar-refractivity contribution in [3.05, 3.63) is 95.7 Å². The van der Waals surface area contributed by atoms with Crippen molar-refractivity contribution in [1.82, 2.24) is 10.3 Å². The monoisotopic (exact) mass is 398 g/mol. The van der Waals surface area contributed by atoms with E-state index in [2.05, 4.69) is 10.3 Å². The van der Waals surface area contributed by atoms with Crippen LogP contribution in [0.5, 0.6) is 17.2 Å². The zero-order chi connectivity index (χ0) is 20.5. The summed E-state index contributed by atoms with van der Waals surface area (Å²) in [7, 11) is 0. The lowest BCUT2D eigenvalue weighted by Crippen LogP contribution is -2.29. The normalized spacial score (nSPS) is 13.2. The quantitative estimate of drug-likeness (QED) is 0.539. The van der Waals surface area contributed by atoms with E-state index in [4.69, 9.17) is 9.47 Å². The molecule has 6 nitrogen and oxygen atoms in total. The van der Waals surface area contributed by atoms with E-state index in [1.807, 2.05) is 48.5 Å². The summed E-state index contributed by atoms with van der Waals surface area (Å²) in [4.78, 5) is 17.3. The highest BCUT2D eigenvalue weighted by Gasteiger charge is 2.25. The predicted octanol–water partition coefficient (Wildman–Crippen LogP) is 4.19. The molecule has 4 aromatic rings. The number of hydrogen-bond donors (Lipinski definition) is 2. The number of rotatable bonds is 4. The fourth-order valence-electron chi connectivity index (χ4n) is 3.62. The Hall–Kier alpha value is -4.06. The average Bonchev–Trinajstić information content (AvgIpc) is 3.27. The molecule has 0 saturated heterocycles. The number of hydrogen-bond acceptors (Lipinski definition) is 5. The molecule has 1 aliphatic heterocycles. The fraction of sp³-hybridized carbons (Fsp3) is 0.0833. The fourth-order valence-corrected chi connectivity index (χ4v) is 3.62. The van der Waals surface area contributed by atoms with Gasteiger partial charge in [-0.1, -0.05) is 42.5 Å². The van der Waals surface area contributed by atoms with Crippen LogP contribution >= 0.6 is 0 Å². The summed E-state index contributed by atoms with van der Waals surface area (Å²) < 4.78 is 10.9. The van der Waals surface area contributed by atoms with E-state index in [-0.39, 0.29) is 18.4 Å². The summed E-state index contributed by atoms with van der Waals surface area (Å²) in [5, 5.41) is 14.8. The Labute approximate surface area is 172 Å². The molecule has 5 rings (SSSR count). The number of nitrogens with zero attached hydrogens (tertiary/aromatic N) is 1. The lowest BCUT2D eigenvalue weighted by atomic mass is 9.95. The summed E-state index contributed by atoms with van der Waals surface area (Å²) in [6.07, 6.45) is 1.63. The van der Waals surface area contributed by atoms with Crippen molar-refractivity contribution in [1.29, 1.82) is 0 Å². The van der Waals surface area contributed by atoms with Gasteiger partial charge in [0.05, 0.1) is 6.04 Å². The van der Waals surface area contributed by atoms with Crippen molar-refractivity contribution in [3.8, 4) is 17.2 Å². The zero-order valence-corrected chi connectivity index (χ0v) is 15.9. The Kier molecular flexibility index (Phi) is 4.44. The molecule has 2 N–H and O–H groups in total. The zero-order valence-electron chi connectivity index (χ0n) is 15.9. The van der Waals surface area contributed by atoms with Gasteiger partial charge in [0.2, 0.25) is 6.79 Å². The minimum atomic E-state index is -0.612. The summed E-state index contributed by atoms with van der Waals surface area (Å²) in [5.74, 6) is 1.03. The Morgan fingerprint density at radius 3 is 2.67 bits per heavy atom. The first-order chi connectivity index (χ1) is 14.7. The second-order valence-corrected chi connectivity index (χ2v) is 6.96. The number of benzene rings is 3. The average molecular weight is 398 g/mol. The molecule has 0 unspecified atom stereocenters. The highest BCUT2D eigenvalue weighted by molar-refractivity contribution is 5.95. The molecule has 0 radical (unpaired) electrons. The first-order valence-electron chi connectivity index (χ1n) is 9.53. The van der Waals surface area contributed by atoms with Crippen molar-refractivity contribution in [3.63, 3.8) is 0 Å². The smallest absolute Gasteiger partial charge is 0.252 e. The number of pyridine rings is 1. The standard InChI is InChI=1S/C24H18N2O4/c27-23-18(10-8-15-7-4-12-25-22(15)23)21(26-24(28)16-5-2-1-3-6-16)17-9-11-19-20(13-17)30-14-29-19/h1-13,21,27H,14H2,(H,26,28)/t21-/m0/s1. The predicted molar refractivity (Wildman–Crippen MR) is 112 cm³/mol. The first-order valence-corrected chi connectivity index (χ1v) is 9.53. The molecule has 0 saturated carbocycles. The highest BCUT2D eigenvalue weighted by atomic mass is 16.7. The number of phenols is 1. The largest absolute Gasteiger partial charge is 0.505 e. The maximum absolute atomic E-state index is 12.9. The van der Waals surface area contributed by atoms with Crippen LogP contribution in [0.4, 0.5) is 0 Å². The third-order valence-electron chi connectivity index (χ3n) is 5.13. The molecule has 1 atom stereocenters. The van der Waals surface area contributed by atoms with E-state index in [9.17, 15) is 9.90 Å². The van der Waals surface area contributed by atoms with Crippen LogP contribution in [0.2, 0.25) is 0 Å². The number of amides is 1. The molecule has 1 aliphatic rings. The van der Waals surface area contributed by atoms with Crippen molar-refractivity contribution in [2.24, 2.45) is 0 Å². The molecule has 1 aromatic heterocycles. The van der Waals surface area contributed by atoms with Gasteiger partial charge in [-0.25, -0.2) is 0 Å². The second-order valence-electron chi connectivity index (χ2n) is 6.96. The number of ether oxygens (including phenoxy) is 2. The topological polar surface area (TPSA) is 80.7 Å². The van der Waals surface area contributed by atoms with Crippen LogP contribution in [-0.4, -0.2) is 22.8 Å². The number of nitrogens with one attached hydrogen (secondary N) is 1. The molecule has 0 fully saturated rings. The SMILES string of the molecule is O=C(N[C@@H](c1ccc2c(c1)OCO2)c1ccc2cccnc2c1O)c1ccccc1. The number of aromatic nitrogens is 1. The summed E-state index contributed by atoms with van der Waals surface area (Å²) in [6, 6.07) is 21.2. The maximum atomic E-state index is 12.9. The molecule has 1 amide bonds. The van der Waals surface area contributed by atoms with Gasteiger partial charge >= 0.3 is 0 Å². The van der Waals surface area contributed by atoms with Gasteiger partial charge in [0.1, 0.15) is 11.3 Å². The van der Waals surface area contributed by atoms with Crippen molar-refractivity contribution in [2.75, 3.05) is 6.79 Å². The Balaban J connectivity index is 1.61. The molecule has 6 heteroatoms. The number of phenolic OH excluding ortho intramolecular Hbond substituents is 1. The number of aromatic hydroxyl groups is 1. The lowest BCUT2D eigenvalue weighted by Gasteiger charge is -2.22. The minimum Gasteiger partial charge on any atom is -0.505 e. The van der Waals surface area contributed by atoms with E-state index >= 15 is 0 Å². The Bertz CT molecular complexity index is 1240. The molecular formula is C24H18N2O4. The maximum Gasteiger partial charge on any atom is 0.252 e.